The number of hydrogen-bond donors (Lipinski definition) is 1. The maximum absolute atomic E-state index is 13.3. The number of fused-ring (bicyclic) bond motifs is 5. The van der Waals surface area contributed by atoms with Gasteiger partial charge in [-0.05, 0) is 43.0 Å². The number of carbonyl (C=O) groups is 1. The first-order valence-electron chi connectivity index (χ1n) is 10.1. The van der Waals surface area contributed by atoms with E-state index in [0.29, 0.717) is 24.6 Å². The Bertz CT molecular complexity index is 1100. The second-order valence-corrected chi connectivity index (χ2v) is 8.05. The second kappa shape index (κ2) is 6.62. The SMILES string of the molecule is CCC[C@H]1[C@H]2C[C@H](CN(C(=O)c3ccc4nc[nH]c4c3)C2)c2cccc(=O)n21. The Morgan fingerprint density at radius 3 is 3.00 bits per heavy atom. The Hall–Kier alpha value is -2.89. The lowest BCUT2D eigenvalue weighted by atomic mass is 9.77. The molecule has 1 saturated heterocycles. The fourth-order valence-electron chi connectivity index (χ4n) is 5.12. The molecule has 1 amide bonds. The van der Waals surface area contributed by atoms with Crippen molar-refractivity contribution in [2.24, 2.45) is 5.92 Å². The van der Waals surface area contributed by atoms with E-state index in [9.17, 15) is 9.59 Å². The second-order valence-electron chi connectivity index (χ2n) is 8.05. The van der Waals surface area contributed by atoms with Crippen LogP contribution < -0.4 is 5.56 Å². The molecule has 144 valence electrons. The summed E-state index contributed by atoms with van der Waals surface area (Å²) in [6.07, 6.45) is 4.69. The summed E-state index contributed by atoms with van der Waals surface area (Å²) >= 11 is 0. The Morgan fingerprint density at radius 2 is 2.14 bits per heavy atom. The summed E-state index contributed by atoms with van der Waals surface area (Å²) in [7, 11) is 0. The number of nitrogens with zero attached hydrogens (tertiary/aromatic N) is 3. The Balaban J connectivity index is 1.49. The van der Waals surface area contributed by atoms with E-state index in [-0.39, 0.29) is 23.4 Å². The highest BCUT2D eigenvalue weighted by molar-refractivity contribution is 5.97. The van der Waals surface area contributed by atoms with E-state index in [1.807, 2.05) is 33.7 Å². The lowest BCUT2D eigenvalue weighted by molar-refractivity contribution is 0.0519. The van der Waals surface area contributed by atoms with Crippen molar-refractivity contribution in [2.45, 2.75) is 38.1 Å². The number of imidazole rings is 1. The summed E-state index contributed by atoms with van der Waals surface area (Å²) < 4.78 is 2.01. The molecule has 0 unspecified atom stereocenters. The van der Waals surface area contributed by atoms with Crippen molar-refractivity contribution in [3.05, 3.63) is 64.3 Å². The molecule has 0 saturated carbocycles. The first-order chi connectivity index (χ1) is 13.7. The van der Waals surface area contributed by atoms with Gasteiger partial charge in [0.15, 0.2) is 0 Å². The smallest absolute Gasteiger partial charge is 0.253 e. The van der Waals surface area contributed by atoms with Gasteiger partial charge in [-0.3, -0.25) is 9.59 Å². The van der Waals surface area contributed by atoms with Crippen LogP contribution >= 0.6 is 0 Å². The van der Waals surface area contributed by atoms with Crippen LogP contribution in [0.15, 0.2) is 47.5 Å². The van der Waals surface area contributed by atoms with Crippen molar-refractivity contribution < 1.29 is 4.79 Å². The number of H-pyrrole nitrogens is 1. The van der Waals surface area contributed by atoms with E-state index in [1.165, 1.54) is 0 Å². The molecule has 0 aliphatic carbocycles. The molecule has 3 aromatic rings. The van der Waals surface area contributed by atoms with Gasteiger partial charge in [0.25, 0.3) is 11.5 Å². The number of pyridine rings is 1. The van der Waals surface area contributed by atoms with E-state index >= 15 is 0 Å². The number of amides is 1. The van der Waals surface area contributed by atoms with E-state index in [1.54, 1.807) is 12.4 Å². The molecule has 6 nitrogen and oxygen atoms in total. The zero-order valence-electron chi connectivity index (χ0n) is 16.0. The van der Waals surface area contributed by atoms with E-state index < -0.39 is 0 Å². The van der Waals surface area contributed by atoms with Crippen LogP contribution in [0.1, 0.15) is 54.2 Å². The minimum Gasteiger partial charge on any atom is -0.345 e. The van der Waals surface area contributed by atoms with Gasteiger partial charge in [-0.2, -0.15) is 0 Å². The molecule has 2 bridgehead atoms. The molecule has 2 aliphatic rings. The number of piperidine rings is 1. The van der Waals surface area contributed by atoms with Gasteiger partial charge in [-0.25, -0.2) is 4.98 Å². The number of rotatable bonds is 3. The minimum atomic E-state index is 0.0631. The van der Waals surface area contributed by atoms with Crippen molar-refractivity contribution in [1.29, 1.82) is 0 Å². The fourth-order valence-corrected chi connectivity index (χ4v) is 5.12. The normalized spacial score (nSPS) is 23.6. The van der Waals surface area contributed by atoms with Crippen LogP contribution in [0.4, 0.5) is 0 Å². The standard InChI is InChI=1S/C22H24N4O2/c1-2-4-19-15-9-16(20-5-3-6-21(27)26(19)20)12-25(11-15)22(28)14-7-8-17-18(10-14)24-13-23-17/h3,5-8,10,13,15-16,19H,2,4,9,11-12H2,1H3,(H,23,24)/t15-,16+,19-/m0/s1. The van der Waals surface area contributed by atoms with Gasteiger partial charge >= 0.3 is 0 Å². The van der Waals surface area contributed by atoms with Gasteiger partial charge in [0.1, 0.15) is 0 Å². The predicted octanol–water partition coefficient (Wildman–Crippen LogP) is 3.33. The van der Waals surface area contributed by atoms with Gasteiger partial charge in [-0.1, -0.05) is 19.4 Å². The van der Waals surface area contributed by atoms with Crippen LogP contribution in [-0.4, -0.2) is 38.4 Å². The zero-order valence-corrected chi connectivity index (χ0v) is 16.0. The van der Waals surface area contributed by atoms with Crippen molar-refractivity contribution in [3.63, 3.8) is 0 Å². The molecule has 28 heavy (non-hydrogen) atoms. The first kappa shape index (κ1) is 17.2. The van der Waals surface area contributed by atoms with Gasteiger partial charge in [0.05, 0.1) is 17.4 Å². The van der Waals surface area contributed by atoms with Gasteiger partial charge in [-0.15, -0.1) is 0 Å². The van der Waals surface area contributed by atoms with E-state index in [4.69, 9.17) is 0 Å². The highest BCUT2D eigenvalue weighted by Crippen LogP contribution is 2.43. The molecule has 2 aliphatic heterocycles. The van der Waals surface area contributed by atoms with Gasteiger partial charge in [0.2, 0.25) is 0 Å². The molecule has 0 spiro atoms. The molecule has 2 aromatic heterocycles. The number of carbonyl (C=O) groups excluding carboxylic acids is 1. The fraction of sp³-hybridized carbons (Fsp3) is 0.409. The summed E-state index contributed by atoms with van der Waals surface area (Å²) in [6.45, 7) is 3.53. The maximum Gasteiger partial charge on any atom is 0.253 e. The van der Waals surface area contributed by atoms with Crippen molar-refractivity contribution in [2.75, 3.05) is 13.1 Å². The van der Waals surface area contributed by atoms with Gasteiger partial charge < -0.3 is 14.5 Å². The van der Waals surface area contributed by atoms with Crippen LogP contribution in [0.5, 0.6) is 0 Å². The Morgan fingerprint density at radius 1 is 1.25 bits per heavy atom. The number of benzene rings is 1. The third-order valence-electron chi connectivity index (χ3n) is 6.34. The summed E-state index contributed by atoms with van der Waals surface area (Å²) in [5.74, 6) is 0.611. The van der Waals surface area contributed by atoms with Crippen LogP contribution in [0.3, 0.4) is 0 Å². The molecular weight excluding hydrogens is 352 g/mol. The highest BCUT2D eigenvalue weighted by atomic mass is 16.2. The Kier molecular flexibility index (Phi) is 4.07. The molecular formula is C22H24N4O2. The summed E-state index contributed by atoms with van der Waals surface area (Å²) in [5, 5.41) is 0. The molecule has 0 radical (unpaired) electrons. The molecule has 3 atom stereocenters. The van der Waals surface area contributed by atoms with E-state index in [2.05, 4.69) is 23.0 Å². The summed E-state index contributed by atoms with van der Waals surface area (Å²) in [5.41, 5.74) is 3.61. The number of likely N-dealkylation sites (tertiary alicyclic amines) is 1. The van der Waals surface area contributed by atoms with Crippen LogP contribution in [0.2, 0.25) is 0 Å². The van der Waals surface area contributed by atoms with Gasteiger partial charge in [0, 0.05) is 42.4 Å². The van der Waals surface area contributed by atoms with E-state index in [0.717, 1.165) is 36.0 Å². The lowest BCUT2D eigenvalue weighted by Gasteiger charge is -2.47. The molecule has 1 aromatic carbocycles. The number of aromatic amines is 1. The number of aromatic nitrogens is 3. The molecule has 4 heterocycles. The van der Waals surface area contributed by atoms with Crippen LogP contribution in [-0.2, 0) is 0 Å². The third kappa shape index (κ3) is 2.66. The van der Waals surface area contributed by atoms with Crippen molar-refractivity contribution >= 4 is 16.9 Å². The molecule has 5 rings (SSSR count). The monoisotopic (exact) mass is 376 g/mol. The highest BCUT2D eigenvalue weighted by Gasteiger charge is 2.41. The van der Waals surface area contributed by atoms with Crippen LogP contribution in [0, 0.1) is 5.92 Å². The van der Waals surface area contributed by atoms with Crippen LogP contribution in [0.25, 0.3) is 11.0 Å². The summed E-state index contributed by atoms with van der Waals surface area (Å²) in [4.78, 5) is 35.1. The molecule has 1 fully saturated rings. The average molecular weight is 376 g/mol. The lowest BCUT2D eigenvalue weighted by Crippen LogP contribution is -2.51. The predicted molar refractivity (Wildman–Crippen MR) is 107 cm³/mol. The minimum absolute atomic E-state index is 0.0631. The largest absolute Gasteiger partial charge is 0.345 e. The average Bonchev–Trinajstić information content (AvgIpc) is 3.18. The quantitative estimate of drug-likeness (QED) is 0.762. The summed E-state index contributed by atoms with van der Waals surface area (Å²) in [6, 6.07) is 11.4. The molecule has 6 heteroatoms. The first-order valence-corrected chi connectivity index (χ1v) is 10.1. The van der Waals surface area contributed by atoms with Crippen molar-refractivity contribution in [3.8, 4) is 0 Å². The zero-order chi connectivity index (χ0) is 19.3. The van der Waals surface area contributed by atoms with Crippen molar-refractivity contribution in [1.82, 2.24) is 19.4 Å². The number of hydrogen-bond acceptors (Lipinski definition) is 3. The molecule has 1 N–H and O–H groups in total. The number of nitrogens with one attached hydrogen (secondary N) is 1. The maximum atomic E-state index is 13.3. The Labute approximate surface area is 163 Å². The third-order valence-corrected chi connectivity index (χ3v) is 6.34. The topological polar surface area (TPSA) is 71.0 Å².